The summed E-state index contributed by atoms with van der Waals surface area (Å²) in [5, 5.41) is 3.93. The van der Waals surface area contributed by atoms with Crippen LogP contribution in [0.25, 0.3) is 22.6 Å². The molecule has 2 aliphatic carbocycles. The van der Waals surface area contributed by atoms with Gasteiger partial charge in [0.25, 0.3) is 0 Å². The Morgan fingerprint density at radius 1 is 1.27 bits per heavy atom. The molecule has 4 N–H and O–H groups in total. The fourth-order valence-electron chi connectivity index (χ4n) is 4.39. The number of nitrogens with two attached hydrogens (primary N) is 1. The minimum absolute atomic E-state index is 0.136. The predicted molar refractivity (Wildman–Crippen MR) is 113 cm³/mol. The lowest BCUT2D eigenvalue weighted by atomic mass is 9.98. The first-order valence-electron chi connectivity index (χ1n) is 9.63. The molecule has 0 spiro atoms. The fraction of sp³-hybridized carbons (Fsp3) is 0.286. The molecule has 2 aliphatic rings. The van der Waals surface area contributed by atoms with E-state index in [2.05, 4.69) is 32.4 Å². The second-order valence-corrected chi connectivity index (χ2v) is 7.92. The van der Waals surface area contributed by atoms with Crippen molar-refractivity contribution in [2.24, 2.45) is 17.6 Å². The summed E-state index contributed by atoms with van der Waals surface area (Å²) in [5.41, 5.74) is 8.10. The van der Waals surface area contributed by atoms with E-state index in [0.717, 1.165) is 17.7 Å². The normalized spacial score (nSPS) is 24.3. The molecule has 1 aromatic carbocycles. The SMILES string of the molecule is COc1ccc(-c2nc3ncc(Cl)c(N[C@H]4[C@@H](OC(N)=O)[C@@H]5C=C[C@H]4C5)c3[nH]2)cc1. The minimum Gasteiger partial charge on any atom is -0.497 e. The quantitative estimate of drug-likeness (QED) is 0.536. The van der Waals surface area contributed by atoms with Crippen LogP contribution in [-0.2, 0) is 4.74 Å². The molecule has 2 aromatic heterocycles. The number of amides is 1. The van der Waals surface area contributed by atoms with E-state index >= 15 is 0 Å². The van der Waals surface area contributed by atoms with Gasteiger partial charge >= 0.3 is 6.09 Å². The van der Waals surface area contributed by atoms with E-state index in [1.54, 1.807) is 13.3 Å². The third-order valence-electron chi connectivity index (χ3n) is 5.79. The molecule has 5 rings (SSSR count). The van der Waals surface area contributed by atoms with E-state index in [4.69, 9.17) is 26.8 Å². The Labute approximate surface area is 177 Å². The molecule has 1 amide bonds. The second kappa shape index (κ2) is 7.21. The molecule has 0 radical (unpaired) electrons. The molecular weight excluding hydrogens is 406 g/mol. The van der Waals surface area contributed by atoms with Crippen molar-refractivity contribution in [1.82, 2.24) is 15.0 Å². The molecule has 0 saturated heterocycles. The van der Waals surface area contributed by atoms with Crippen LogP contribution in [0.1, 0.15) is 6.42 Å². The highest BCUT2D eigenvalue weighted by Crippen LogP contribution is 2.44. The smallest absolute Gasteiger partial charge is 0.404 e. The van der Waals surface area contributed by atoms with Crippen molar-refractivity contribution in [1.29, 1.82) is 0 Å². The first-order valence-corrected chi connectivity index (χ1v) is 10.0. The van der Waals surface area contributed by atoms with E-state index in [-0.39, 0.29) is 24.0 Å². The van der Waals surface area contributed by atoms with Gasteiger partial charge in [-0.2, -0.15) is 0 Å². The van der Waals surface area contributed by atoms with Crippen molar-refractivity contribution in [3.8, 4) is 17.1 Å². The van der Waals surface area contributed by atoms with Crippen LogP contribution in [0, 0.1) is 11.8 Å². The lowest BCUT2D eigenvalue weighted by molar-refractivity contribution is 0.0854. The van der Waals surface area contributed by atoms with Crippen molar-refractivity contribution in [2.45, 2.75) is 18.6 Å². The van der Waals surface area contributed by atoms with Crippen molar-refractivity contribution < 1.29 is 14.3 Å². The zero-order chi connectivity index (χ0) is 20.8. The number of carbonyl (C=O) groups is 1. The molecule has 2 bridgehead atoms. The average Bonchev–Trinajstić information content (AvgIpc) is 3.45. The van der Waals surface area contributed by atoms with Gasteiger partial charge in [0, 0.05) is 17.4 Å². The maximum atomic E-state index is 11.4. The van der Waals surface area contributed by atoms with E-state index in [9.17, 15) is 4.79 Å². The van der Waals surface area contributed by atoms with Crippen LogP contribution in [0.3, 0.4) is 0 Å². The van der Waals surface area contributed by atoms with E-state index in [0.29, 0.717) is 27.7 Å². The molecular formula is C21H20ClN5O3. The largest absolute Gasteiger partial charge is 0.497 e. The van der Waals surface area contributed by atoms with Crippen molar-refractivity contribution >= 4 is 34.5 Å². The first kappa shape index (κ1) is 18.7. The average molecular weight is 426 g/mol. The number of hydrogen-bond donors (Lipinski definition) is 3. The predicted octanol–water partition coefficient (Wildman–Crippen LogP) is 3.74. The number of fused-ring (bicyclic) bond motifs is 3. The van der Waals surface area contributed by atoms with E-state index in [1.807, 2.05) is 24.3 Å². The molecule has 2 heterocycles. The number of H-pyrrole nitrogens is 1. The highest BCUT2D eigenvalue weighted by molar-refractivity contribution is 6.34. The van der Waals surface area contributed by atoms with Gasteiger partial charge in [0.2, 0.25) is 0 Å². The number of anilines is 1. The van der Waals surface area contributed by atoms with Gasteiger partial charge in [0.15, 0.2) is 5.65 Å². The molecule has 30 heavy (non-hydrogen) atoms. The van der Waals surface area contributed by atoms with E-state index < -0.39 is 6.09 Å². The number of ether oxygens (including phenoxy) is 2. The molecule has 4 atom stereocenters. The van der Waals surface area contributed by atoms with Crippen LogP contribution in [0.5, 0.6) is 5.75 Å². The fourth-order valence-corrected chi connectivity index (χ4v) is 4.59. The third kappa shape index (κ3) is 3.13. The van der Waals surface area contributed by atoms with Crippen LogP contribution in [0.2, 0.25) is 5.02 Å². The number of benzene rings is 1. The summed E-state index contributed by atoms with van der Waals surface area (Å²) in [4.78, 5) is 23.7. The number of carbonyl (C=O) groups excluding carboxylic acids is 1. The Morgan fingerprint density at radius 3 is 2.77 bits per heavy atom. The number of pyridine rings is 1. The number of imidazole rings is 1. The van der Waals surface area contributed by atoms with Crippen LogP contribution in [0.4, 0.5) is 10.5 Å². The number of primary amides is 1. The zero-order valence-electron chi connectivity index (χ0n) is 16.1. The van der Waals surface area contributed by atoms with Crippen molar-refractivity contribution in [3.05, 3.63) is 47.6 Å². The molecule has 1 saturated carbocycles. The van der Waals surface area contributed by atoms with Gasteiger partial charge < -0.3 is 25.5 Å². The summed E-state index contributed by atoms with van der Waals surface area (Å²) < 4.78 is 10.6. The van der Waals surface area contributed by atoms with Gasteiger partial charge in [-0.3, -0.25) is 0 Å². The molecule has 0 aliphatic heterocycles. The Kier molecular flexibility index (Phi) is 4.51. The Morgan fingerprint density at radius 2 is 2.03 bits per heavy atom. The highest BCUT2D eigenvalue weighted by Gasteiger charge is 2.47. The zero-order valence-corrected chi connectivity index (χ0v) is 16.9. The van der Waals surface area contributed by atoms with Crippen LogP contribution >= 0.6 is 11.6 Å². The summed E-state index contributed by atoms with van der Waals surface area (Å²) in [6, 6.07) is 7.44. The topological polar surface area (TPSA) is 115 Å². The summed E-state index contributed by atoms with van der Waals surface area (Å²) in [5.74, 6) is 1.81. The van der Waals surface area contributed by atoms with Gasteiger partial charge in [-0.25, -0.2) is 14.8 Å². The first-order chi connectivity index (χ1) is 14.5. The standard InChI is InChI=1S/C21H20ClN5O3/c1-29-13-6-4-10(5-7-13)19-26-17-16(14(22)9-24-20(17)27-19)25-15-11-2-3-12(8-11)18(15)30-21(23)28/h2-7,9,11-12,15,18H,8H2,1H3,(H2,23,28)(H2,24,25,26,27)/t11-,12+,15+,18-/m0/s1. The summed E-state index contributed by atoms with van der Waals surface area (Å²) in [7, 11) is 1.63. The molecule has 9 heteroatoms. The Bertz CT molecular complexity index is 1140. The number of aromatic amines is 1. The number of methoxy groups -OCH3 is 1. The monoisotopic (exact) mass is 425 g/mol. The summed E-state index contributed by atoms with van der Waals surface area (Å²) in [6.45, 7) is 0. The Hall–Kier alpha value is -3.26. The van der Waals surface area contributed by atoms with Crippen molar-refractivity contribution in [3.63, 3.8) is 0 Å². The van der Waals surface area contributed by atoms with Gasteiger partial charge in [0.1, 0.15) is 23.2 Å². The van der Waals surface area contributed by atoms with Gasteiger partial charge in [-0.05, 0) is 30.7 Å². The Balaban J connectivity index is 1.51. The van der Waals surface area contributed by atoms with Gasteiger partial charge in [-0.15, -0.1) is 0 Å². The number of nitrogens with zero attached hydrogens (tertiary/aromatic N) is 2. The maximum Gasteiger partial charge on any atom is 0.404 e. The summed E-state index contributed by atoms with van der Waals surface area (Å²) >= 11 is 6.49. The van der Waals surface area contributed by atoms with Crippen molar-refractivity contribution in [2.75, 3.05) is 12.4 Å². The number of hydrogen-bond acceptors (Lipinski definition) is 6. The number of rotatable bonds is 5. The highest BCUT2D eigenvalue weighted by atomic mass is 35.5. The van der Waals surface area contributed by atoms with Crippen LogP contribution in [0.15, 0.2) is 42.6 Å². The number of nitrogens with one attached hydrogen (secondary N) is 2. The van der Waals surface area contributed by atoms with Gasteiger partial charge in [0.05, 0.1) is 30.1 Å². The van der Waals surface area contributed by atoms with Gasteiger partial charge in [-0.1, -0.05) is 23.8 Å². The maximum absolute atomic E-state index is 11.4. The number of aromatic nitrogens is 3. The van der Waals surface area contributed by atoms with Crippen LogP contribution < -0.4 is 15.8 Å². The third-order valence-corrected chi connectivity index (χ3v) is 6.07. The second-order valence-electron chi connectivity index (χ2n) is 7.51. The molecule has 8 nitrogen and oxygen atoms in total. The number of halogens is 1. The lowest BCUT2D eigenvalue weighted by Crippen LogP contribution is -2.41. The van der Waals surface area contributed by atoms with Crippen LogP contribution in [-0.4, -0.2) is 40.3 Å². The molecule has 3 aromatic rings. The lowest BCUT2D eigenvalue weighted by Gasteiger charge is -2.29. The summed E-state index contributed by atoms with van der Waals surface area (Å²) in [6.07, 6.45) is 5.57. The van der Waals surface area contributed by atoms with E-state index in [1.165, 1.54) is 0 Å². The molecule has 1 fully saturated rings. The molecule has 154 valence electrons. The molecule has 0 unspecified atom stereocenters. The minimum atomic E-state index is -0.776.